The van der Waals surface area contributed by atoms with Crippen molar-refractivity contribution in [1.82, 2.24) is 4.31 Å². The van der Waals surface area contributed by atoms with E-state index in [1.165, 1.54) is 25.1 Å². The van der Waals surface area contributed by atoms with E-state index in [1.807, 2.05) is 0 Å². The van der Waals surface area contributed by atoms with Crippen LogP contribution in [0.2, 0.25) is 0 Å². The van der Waals surface area contributed by atoms with Crippen molar-refractivity contribution in [1.29, 1.82) is 0 Å². The minimum absolute atomic E-state index is 0.0333. The first-order valence-electron chi connectivity index (χ1n) is 9.05. The van der Waals surface area contributed by atoms with Gasteiger partial charge in [0, 0.05) is 25.2 Å². The fraction of sp³-hybridized carbons (Fsp3) is 0.588. The van der Waals surface area contributed by atoms with E-state index >= 15 is 0 Å². The zero-order valence-corrected chi connectivity index (χ0v) is 17.9. The second kappa shape index (κ2) is 9.39. The van der Waals surface area contributed by atoms with Gasteiger partial charge in [0.25, 0.3) is 0 Å². The molecular formula is C17H26N2O8S2. The van der Waals surface area contributed by atoms with Crippen LogP contribution in [0.1, 0.15) is 20.3 Å². The van der Waals surface area contributed by atoms with Gasteiger partial charge in [0.05, 0.1) is 30.8 Å². The maximum Gasteiger partial charge on any atom is 0.247 e. The second-order valence-electron chi connectivity index (χ2n) is 6.74. The first-order valence-corrected chi connectivity index (χ1v) is 12.3. The predicted octanol–water partition coefficient (Wildman–Crippen LogP) is -0.425. The van der Waals surface area contributed by atoms with E-state index in [-0.39, 0.29) is 40.9 Å². The molecule has 1 saturated heterocycles. The Kier molecular flexibility index (Phi) is 7.62. The van der Waals surface area contributed by atoms with Crippen LogP contribution in [-0.4, -0.2) is 80.7 Å². The molecule has 0 bridgehead atoms. The van der Waals surface area contributed by atoms with E-state index in [4.69, 9.17) is 4.74 Å². The number of aliphatic hydroxyl groups excluding tert-OH is 2. The molecule has 0 aromatic heterocycles. The average molecular weight is 451 g/mol. The van der Waals surface area contributed by atoms with Crippen LogP contribution in [-0.2, 0) is 24.7 Å². The van der Waals surface area contributed by atoms with Crippen LogP contribution in [0, 0.1) is 0 Å². The summed E-state index contributed by atoms with van der Waals surface area (Å²) < 4.78 is 57.0. The van der Waals surface area contributed by atoms with Gasteiger partial charge in [0.2, 0.25) is 15.9 Å². The van der Waals surface area contributed by atoms with Crippen molar-refractivity contribution >= 4 is 31.5 Å². The van der Waals surface area contributed by atoms with Crippen molar-refractivity contribution in [2.24, 2.45) is 0 Å². The van der Waals surface area contributed by atoms with E-state index in [9.17, 15) is 31.8 Å². The highest BCUT2D eigenvalue weighted by Gasteiger charge is 2.40. The Hall–Kier alpha value is -1.73. The zero-order chi connectivity index (χ0) is 21.8. The topological polar surface area (TPSA) is 150 Å². The van der Waals surface area contributed by atoms with Crippen molar-refractivity contribution in [3.8, 4) is 5.75 Å². The molecule has 10 nitrogen and oxygen atoms in total. The summed E-state index contributed by atoms with van der Waals surface area (Å²) in [5.41, 5.74) is 0.223. The number of ether oxygens (including phenoxy) is 1. The SMILES string of the molecule is CCOc1ccc(NC(C)=O)cc1S(=O)(=O)N(CC(O)CO)C1CCS(=O)(=O)C1. The normalized spacial score (nSPS) is 19.8. The standard InChI is InChI=1S/C17H26N2O8S2/c1-3-27-16-5-4-13(18-12(2)21)8-17(16)29(25,26)19(9-15(22)10-20)14-6-7-28(23,24)11-14/h4-5,8,14-15,20,22H,3,6-7,9-11H2,1-2H3,(H,18,21). The molecular weight excluding hydrogens is 424 g/mol. The number of anilines is 1. The monoisotopic (exact) mass is 450 g/mol. The van der Waals surface area contributed by atoms with Crippen LogP contribution in [0.25, 0.3) is 0 Å². The average Bonchev–Trinajstić information content (AvgIpc) is 2.99. The van der Waals surface area contributed by atoms with Crippen LogP contribution < -0.4 is 10.1 Å². The summed E-state index contributed by atoms with van der Waals surface area (Å²) in [5, 5.41) is 21.6. The molecule has 0 spiro atoms. The van der Waals surface area contributed by atoms with E-state index in [0.717, 1.165) is 4.31 Å². The van der Waals surface area contributed by atoms with Gasteiger partial charge < -0.3 is 20.3 Å². The van der Waals surface area contributed by atoms with E-state index in [0.29, 0.717) is 0 Å². The van der Waals surface area contributed by atoms with Crippen molar-refractivity contribution in [3.05, 3.63) is 18.2 Å². The third-order valence-electron chi connectivity index (χ3n) is 4.37. The Morgan fingerprint density at radius 2 is 2.10 bits per heavy atom. The molecule has 1 aromatic rings. The lowest BCUT2D eigenvalue weighted by Crippen LogP contribution is -2.46. The van der Waals surface area contributed by atoms with Crippen molar-refractivity contribution in [3.63, 3.8) is 0 Å². The lowest BCUT2D eigenvalue weighted by molar-refractivity contribution is -0.114. The number of hydrogen-bond donors (Lipinski definition) is 3. The number of nitrogens with zero attached hydrogens (tertiary/aromatic N) is 1. The van der Waals surface area contributed by atoms with Gasteiger partial charge in [-0.2, -0.15) is 4.31 Å². The molecule has 2 rings (SSSR count). The summed E-state index contributed by atoms with van der Waals surface area (Å²) in [7, 11) is -7.74. The van der Waals surface area contributed by atoms with Crippen LogP contribution in [0.3, 0.4) is 0 Å². The molecule has 1 aromatic carbocycles. The summed E-state index contributed by atoms with van der Waals surface area (Å²) in [6, 6.07) is 3.22. The highest BCUT2D eigenvalue weighted by atomic mass is 32.2. The molecule has 0 radical (unpaired) electrons. The van der Waals surface area contributed by atoms with Gasteiger partial charge in [0.15, 0.2) is 9.84 Å². The van der Waals surface area contributed by atoms with E-state index in [2.05, 4.69) is 5.32 Å². The lowest BCUT2D eigenvalue weighted by Gasteiger charge is -2.29. The minimum Gasteiger partial charge on any atom is -0.492 e. The van der Waals surface area contributed by atoms with Crippen LogP contribution in [0.4, 0.5) is 5.69 Å². The number of rotatable bonds is 9. The first-order chi connectivity index (χ1) is 13.5. The van der Waals surface area contributed by atoms with E-state index < -0.39 is 51.1 Å². The van der Waals surface area contributed by atoms with Crippen molar-refractivity contribution in [2.75, 3.05) is 36.6 Å². The van der Waals surface area contributed by atoms with Gasteiger partial charge in [-0.25, -0.2) is 16.8 Å². The molecule has 1 heterocycles. The number of nitrogens with one attached hydrogen (secondary N) is 1. The summed E-state index contributed by atoms with van der Waals surface area (Å²) in [6.07, 6.45) is -1.31. The van der Waals surface area contributed by atoms with Crippen LogP contribution >= 0.6 is 0 Å². The Labute approximate surface area is 170 Å². The predicted molar refractivity (Wildman–Crippen MR) is 106 cm³/mol. The fourth-order valence-corrected chi connectivity index (χ4v) is 6.78. The summed E-state index contributed by atoms with van der Waals surface area (Å²) in [5.74, 6) is -0.902. The highest BCUT2D eigenvalue weighted by Crippen LogP contribution is 2.33. The summed E-state index contributed by atoms with van der Waals surface area (Å²) >= 11 is 0. The van der Waals surface area contributed by atoms with Crippen LogP contribution in [0.15, 0.2) is 23.1 Å². The molecule has 0 aliphatic carbocycles. The third kappa shape index (κ3) is 5.89. The number of carbonyl (C=O) groups excluding carboxylic acids is 1. The molecule has 2 atom stereocenters. The van der Waals surface area contributed by atoms with Gasteiger partial charge in [-0.1, -0.05) is 0 Å². The highest BCUT2D eigenvalue weighted by molar-refractivity contribution is 7.92. The second-order valence-corrected chi connectivity index (χ2v) is 10.8. The number of sulfonamides is 1. The molecule has 1 amide bonds. The molecule has 29 heavy (non-hydrogen) atoms. The third-order valence-corrected chi connectivity index (χ3v) is 8.06. The van der Waals surface area contributed by atoms with Gasteiger partial charge in [0.1, 0.15) is 10.6 Å². The number of benzene rings is 1. The Balaban J connectivity index is 2.55. The molecule has 1 aliphatic rings. The maximum atomic E-state index is 13.5. The Morgan fingerprint density at radius 1 is 1.41 bits per heavy atom. The maximum absolute atomic E-state index is 13.5. The number of sulfone groups is 1. The largest absolute Gasteiger partial charge is 0.492 e. The molecule has 12 heteroatoms. The Morgan fingerprint density at radius 3 is 2.62 bits per heavy atom. The number of hydrogen-bond acceptors (Lipinski definition) is 8. The van der Waals surface area contributed by atoms with E-state index in [1.54, 1.807) is 6.92 Å². The van der Waals surface area contributed by atoms with Gasteiger partial charge in [-0.15, -0.1) is 0 Å². The summed E-state index contributed by atoms with van der Waals surface area (Å²) in [6.45, 7) is 1.97. The number of amides is 1. The number of carbonyl (C=O) groups is 1. The lowest BCUT2D eigenvalue weighted by atomic mass is 10.2. The molecule has 0 saturated carbocycles. The number of aliphatic hydroxyl groups is 2. The molecule has 1 aliphatic heterocycles. The molecule has 1 fully saturated rings. The van der Waals surface area contributed by atoms with Crippen molar-refractivity contribution in [2.45, 2.75) is 37.3 Å². The van der Waals surface area contributed by atoms with Crippen LogP contribution in [0.5, 0.6) is 5.75 Å². The smallest absolute Gasteiger partial charge is 0.247 e. The Bertz CT molecular complexity index is 946. The molecule has 2 unspecified atom stereocenters. The van der Waals surface area contributed by atoms with Crippen molar-refractivity contribution < 1.29 is 36.6 Å². The van der Waals surface area contributed by atoms with Gasteiger partial charge >= 0.3 is 0 Å². The molecule has 164 valence electrons. The summed E-state index contributed by atoms with van der Waals surface area (Å²) in [4.78, 5) is 11.1. The van der Waals surface area contributed by atoms with Gasteiger partial charge in [-0.05, 0) is 31.5 Å². The minimum atomic E-state index is -4.33. The first kappa shape index (κ1) is 23.5. The fourth-order valence-electron chi connectivity index (χ4n) is 3.10. The molecule has 3 N–H and O–H groups in total. The zero-order valence-electron chi connectivity index (χ0n) is 16.2. The van der Waals surface area contributed by atoms with Gasteiger partial charge in [-0.3, -0.25) is 4.79 Å². The quantitative estimate of drug-likeness (QED) is 0.459.